The van der Waals surface area contributed by atoms with Gasteiger partial charge in [-0.1, -0.05) is 10.2 Å². The molecule has 5 rings (SSSR count). The summed E-state index contributed by atoms with van der Waals surface area (Å²) in [5.41, 5.74) is 4.14. The first-order valence-corrected chi connectivity index (χ1v) is 15.1. The fraction of sp³-hybridized carbons (Fsp3) is 0.467. The van der Waals surface area contributed by atoms with Crippen molar-refractivity contribution in [1.82, 2.24) is 19.6 Å². The average Bonchev–Trinajstić information content (AvgIpc) is 3.62. The summed E-state index contributed by atoms with van der Waals surface area (Å²) in [5.74, 6) is 1.53. The molecule has 4 aromatic rings. The maximum absolute atomic E-state index is 4.48. The van der Waals surface area contributed by atoms with E-state index in [9.17, 15) is 0 Å². The summed E-state index contributed by atoms with van der Waals surface area (Å²) in [4.78, 5) is 4.95. The fourth-order valence-electron chi connectivity index (χ4n) is 5.17. The largest absolute Gasteiger partial charge is 0.403 e. The van der Waals surface area contributed by atoms with Crippen LogP contribution in [0.1, 0.15) is 40.5 Å². The first-order valence-electron chi connectivity index (χ1n) is 15.1. The zero-order valence-electron chi connectivity index (χ0n) is 25.2. The minimum absolute atomic E-state index is 0.760. The summed E-state index contributed by atoms with van der Waals surface area (Å²) in [6.45, 7) is 15.5. The zero-order valence-corrected chi connectivity index (χ0v) is 25.2. The van der Waals surface area contributed by atoms with Gasteiger partial charge in [-0.05, 0) is 99.3 Å². The van der Waals surface area contributed by atoms with Gasteiger partial charge in [0, 0.05) is 47.8 Å². The molecule has 42 heavy (non-hydrogen) atoms. The maximum Gasteiger partial charge on any atom is 0.403 e. The molecule has 1 saturated heterocycles. The Labute approximate surface area is 247 Å². The molecular formula is C30H42N12+2. The van der Waals surface area contributed by atoms with Crippen LogP contribution in [0.5, 0.6) is 0 Å². The van der Waals surface area contributed by atoms with Crippen molar-refractivity contribution in [2.75, 3.05) is 36.0 Å². The number of anilines is 2. The molecule has 12 heteroatoms. The van der Waals surface area contributed by atoms with Crippen molar-refractivity contribution in [3.63, 3.8) is 0 Å². The molecule has 0 atom stereocenters. The van der Waals surface area contributed by atoms with Gasteiger partial charge in [0.2, 0.25) is 12.7 Å². The molecule has 0 aliphatic carbocycles. The SMILES string of the molecule is CCn1nc[n+](CC)c1N=Nc1ccc(N2CCCN(c3ccc(N=Nc4n(CC)nc[n+]4CC)cc3)CCC2)cc1. The smallest absolute Gasteiger partial charge is 0.371 e. The van der Waals surface area contributed by atoms with Gasteiger partial charge < -0.3 is 9.80 Å². The van der Waals surface area contributed by atoms with E-state index >= 15 is 0 Å². The van der Waals surface area contributed by atoms with Gasteiger partial charge in [0.1, 0.15) is 0 Å². The standard InChI is InChI=1S/C30H42N12/c1-5-37-23-31-41(7-3)29(37)35-33-25-11-15-27(16-12-25)39-19-9-21-40(22-10-20-39)28-17-13-26(14-18-28)34-36-30-38(6-2)24-32-42(30)8-4/h11-18,23-24H,5-10,19-22H2,1-4H3/q+2. The maximum atomic E-state index is 4.48. The van der Waals surface area contributed by atoms with Crippen molar-refractivity contribution in [1.29, 1.82) is 0 Å². The summed E-state index contributed by atoms with van der Waals surface area (Å²) < 4.78 is 7.71. The summed E-state index contributed by atoms with van der Waals surface area (Å²) in [7, 11) is 0. The van der Waals surface area contributed by atoms with Crippen LogP contribution in [0.2, 0.25) is 0 Å². The quantitative estimate of drug-likeness (QED) is 0.181. The molecule has 0 amide bonds. The highest BCUT2D eigenvalue weighted by molar-refractivity contribution is 5.54. The summed E-state index contributed by atoms with van der Waals surface area (Å²) >= 11 is 0. The summed E-state index contributed by atoms with van der Waals surface area (Å²) in [6.07, 6.45) is 5.77. The molecule has 0 unspecified atom stereocenters. The summed E-state index contributed by atoms with van der Waals surface area (Å²) in [6, 6.07) is 16.8. The third-order valence-corrected chi connectivity index (χ3v) is 7.57. The molecule has 220 valence electrons. The molecule has 0 N–H and O–H groups in total. The van der Waals surface area contributed by atoms with E-state index in [1.807, 2.05) is 42.8 Å². The molecule has 12 nitrogen and oxygen atoms in total. The van der Waals surface area contributed by atoms with Gasteiger partial charge in [-0.3, -0.25) is 0 Å². The van der Waals surface area contributed by atoms with E-state index < -0.39 is 0 Å². The number of nitrogens with zero attached hydrogens (tertiary/aromatic N) is 12. The van der Waals surface area contributed by atoms with E-state index in [1.165, 1.54) is 11.4 Å². The lowest BCUT2D eigenvalue weighted by atomic mass is 10.2. The molecule has 1 aliphatic rings. The van der Waals surface area contributed by atoms with E-state index in [-0.39, 0.29) is 0 Å². The van der Waals surface area contributed by atoms with Crippen molar-refractivity contribution in [2.24, 2.45) is 20.5 Å². The number of azo groups is 2. The van der Waals surface area contributed by atoms with Gasteiger partial charge in [-0.25, -0.2) is 9.13 Å². The van der Waals surface area contributed by atoms with E-state index in [1.54, 1.807) is 12.7 Å². The minimum atomic E-state index is 0.760. The first-order chi connectivity index (χ1) is 20.6. The van der Waals surface area contributed by atoms with Crippen molar-refractivity contribution < 1.29 is 9.13 Å². The number of rotatable bonds is 10. The van der Waals surface area contributed by atoms with Crippen molar-refractivity contribution in [3.05, 3.63) is 61.2 Å². The van der Waals surface area contributed by atoms with Gasteiger partial charge in [0.15, 0.2) is 0 Å². The number of hydrogen-bond donors (Lipinski definition) is 0. The highest BCUT2D eigenvalue weighted by atomic mass is 15.4. The van der Waals surface area contributed by atoms with Crippen molar-refractivity contribution in [3.8, 4) is 0 Å². The number of hydrogen-bond acceptors (Lipinski definition) is 8. The van der Waals surface area contributed by atoms with E-state index in [0.717, 1.165) is 88.5 Å². The van der Waals surface area contributed by atoms with Gasteiger partial charge in [-0.15, -0.1) is 9.36 Å². The molecule has 2 aromatic heterocycles. The second-order valence-electron chi connectivity index (χ2n) is 10.2. The average molecular weight is 571 g/mol. The highest BCUT2D eigenvalue weighted by Gasteiger charge is 2.18. The lowest BCUT2D eigenvalue weighted by Crippen LogP contribution is -2.36. The van der Waals surface area contributed by atoms with E-state index in [0.29, 0.717) is 0 Å². The second-order valence-corrected chi connectivity index (χ2v) is 10.2. The van der Waals surface area contributed by atoms with Crippen LogP contribution in [0.25, 0.3) is 0 Å². The first kappa shape index (κ1) is 29.0. The predicted molar refractivity (Wildman–Crippen MR) is 162 cm³/mol. The van der Waals surface area contributed by atoms with Gasteiger partial charge in [0.05, 0.1) is 37.6 Å². The van der Waals surface area contributed by atoms with Gasteiger partial charge in [0.25, 0.3) is 0 Å². The van der Waals surface area contributed by atoms with E-state index in [4.69, 9.17) is 0 Å². The molecule has 0 spiro atoms. The van der Waals surface area contributed by atoms with Crippen molar-refractivity contribution in [2.45, 2.75) is 66.7 Å². The topological polar surface area (TPSA) is 99.3 Å². The van der Waals surface area contributed by atoms with Crippen molar-refractivity contribution >= 4 is 34.6 Å². The molecule has 1 aliphatic heterocycles. The molecule has 0 radical (unpaired) electrons. The number of aromatic nitrogens is 6. The number of aryl methyl sites for hydroxylation is 4. The van der Waals surface area contributed by atoms with Crippen LogP contribution in [0, 0.1) is 0 Å². The predicted octanol–water partition coefficient (Wildman–Crippen LogP) is 5.67. The third-order valence-electron chi connectivity index (χ3n) is 7.57. The Morgan fingerprint density at radius 3 is 1.29 bits per heavy atom. The molecule has 2 aromatic carbocycles. The van der Waals surface area contributed by atoms with Crippen LogP contribution in [0.4, 0.5) is 34.6 Å². The van der Waals surface area contributed by atoms with Gasteiger partial charge in [-0.2, -0.15) is 0 Å². The van der Waals surface area contributed by atoms with Crippen LogP contribution in [0.3, 0.4) is 0 Å². The van der Waals surface area contributed by atoms with Crippen LogP contribution >= 0.6 is 0 Å². The Kier molecular flexibility index (Phi) is 9.62. The highest BCUT2D eigenvalue weighted by Crippen LogP contribution is 2.25. The second kappa shape index (κ2) is 13.9. The third kappa shape index (κ3) is 6.69. The fourth-order valence-corrected chi connectivity index (χ4v) is 5.17. The molecule has 3 heterocycles. The lowest BCUT2D eigenvalue weighted by Gasteiger charge is -2.33. The Morgan fingerprint density at radius 2 is 0.952 bits per heavy atom. The Bertz CT molecular complexity index is 1320. The minimum Gasteiger partial charge on any atom is -0.371 e. The van der Waals surface area contributed by atoms with E-state index in [2.05, 4.69) is 92.4 Å². The monoisotopic (exact) mass is 570 g/mol. The lowest BCUT2D eigenvalue weighted by molar-refractivity contribution is -0.681. The molecule has 0 bridgehead atoms. The van der Waals surface area contributed by atoms with Crippen LogP contribution in [0.15, 0.2) is 81.6 Å². The normalized spacial score (nSPS) is 14.7. The van der Waals surface area contributed by atoms with Crippen LogP contribution in [-0.4, -0.2) is 45.7 Å². The van der Waals surface area contributed by atoms with Crippen LogP contribution < -0.4 is 18.9 Å². The summed E-state index contributed by atoms with van der Waals surface area (Å²) in [5, 5.41) is 26.6. The molecular weight excluding hydrogens is 528 g/mol. The molecule has 0 saturated carbocycles. The van der Waals surface area contributed by atoms with Crippen LogP contribution in [-0.2, 0) is 26.2 Å². The molecule has 1 fully saturated rings. The Balaban J connectivity index is 1.16. The Morgan fingerprint density at radius 1 is 0.571 bits per heavy atom. The zero-order chi connectivity index (χ0) is 29.3. The Hall–Kier alpha value is -4.48. The number of benzene rings is 2. The van der Waals surface area contributed by atoms with Gasteiger partial charge >= 0.3 is 11.9 Å².